The molecule has 1 fully saturated rings. The van der Waals surface area contributed by atoms with Gasteiger partial charge in [-0.15, -0.1) is 0 Å². The van der Waals surface area contributed by atoms with Gasteiger partial charge in [-0.3, -0.25) is 10.1 Å². The number of hydrazone groups is 1. The fraction of sp³-hybridized carbons (Fsp3) is 0.500. The number of fused-ring (bicyclic) bond motifs is 3. The zero-order valence-corrected chi connectivity index (χ0v) is 14.7. The number of rotatable bonds is 3. The quantitative estimate of drug-likeness (QED) is 0.593. The smallest absolute Gasteiger partial charge is 0.257 e. The molecule has 1 unspecified atom stereocenters. The zero-order valence-electron chi connectivity index (χ0n) is 14.7. The molecule has 5 heteroatoms. The van der Waals surface area contributed by atoms with E-state index in [1.807, 2.05) is 18.3 Å². The maximum Gasteiger partial charge on any atom is 0.257 e. The van der Waals surface area contributed by atoms with Gasteiger partial charge in [-0.2, -0.15) is 5.10 Å². The Balaban J connectivity index is 1.45. The fourth-order valence-corrected chi connectivity index (χ4v) is 4.19. The normalized spacial score (nSPS) is 24.5. The van der Waals surface area contributed by atoms with E-state index >= 15 is 0 Å². The summed E-state index contributed by atoms with van der Waals surface area (Å²) in [6.45, 7) is 2.10. The first-order valence-electron chi connectivity index (χ1n) is 9.41. The largest absolute Gasteiger partial charge is 0.357 e. The van der Waals surface area contributed by atoms with E-state index in [-0.39, 0.29) is 18.0 Å². The van der Waals surface area contributed by atoms with Gasteiger partial charge in [0, 0.05) is 28.9 Å². The van der Waals surface area contributed by atoms with Gasteiger partial charge in [0.05, 0.1) is 6.04 Å². The molecule has 5 nitrogen and oxygen atoms in total. The van der Waals surface area contributed by atoms with E-state index in [9.17, 15) is 4.79 Å². The summed E-state index contributed by atoms with van der Waals surface area (Å²) in [5.74, 6) is 0.474. The fourth-order valence-electron chi connectivity index (χ4n) is 4.19. The molecule has 1 aromatic heterocycles. The van der Waals surface area contributed by atoms with Crippen molar-refractivity contribution in [2.24, 2.45) is 11.0 Å². The summed E-state index contributed by atoms with van der Waals surface area (Å²) in [5, 5.41) is 8.85. The molecule has 0 radical (unpaired) electrons. The van der Waals surface area contributed by atoms with Gasteiger partial charge in [0.15, 0.2) is 0 Å². The lowest BCUT2D eigenvalue weighted by molar-refractivity contribution is -0.123. The van der Waals surface area contributed by atoms with Gasteiger partial charge in [-0.05, 0) is 43.7 Å². The number of H-pyrrole nitrogens is 1. The second-order valence-corrected chi connectivity index (χ2v) is 7.36. The van der Waals surface area contributed by atoms with E-state index in [4.69, 9.17) is 0 Å². The van der Waals surface area contributed by atoms with E-state index in [0.29, 0.717) is 12.3 Å². The number of hydrogen-bond acceptors (Lipinski definition) is 3. The molecule has 1 amide bonds. The first kappa shape index (κ1) is 16.3. The molecule has 1 saturated carbocycles. The number of benzene rings is 1. The summed E-state index contributed by atoms with van der Waals surface area (Å²) in [4.78, 5) is 16.0. The van der Waals surface area contributed by atoms with Crippen LogP contribution in [0.1, 0.15) is 56.3 Å². The van der Waals surface area contributed by atoms with Gasteiger partial charge in [0.1, 0.15) is 0 Å². The minimum absolute atomic E-state index is 0.0464. The summed E-state index contributed by atoms with van der Waals surface area (Å²) in [7, 11) is 0. The highest BCUT2D eigenvalue weighted by Gasteiger charge is 2.30. The molecule has 4 rings (SSSR count). The lowest BCUT2D eigenvalue weighted by atomic mass is 9.90. The summed E-state index contributed by atoms with van der Waals surface area (Å²) in [6.07, 6.45) is 8.88. The van der Waals surface area contributed by atoms with Crippen LogP contribution in [0.5, 0.6) is 0 Å². The van der Waals surface area contributed by atoms with Crippen molar-refractivity contribution in [2.75, 3.05) is 0 Å². The number of para-hydroxylation sites is 1. The summed E-state index contributed by atoms with van der Waals surface area (Å²) in [6, 6.07) is 8.17. The molecule has 1 aromatic carbocycles. The number of hydrogen-bond donors (Lipinski definition) is 3. The van der Waals surface area contributed by atoms with Gasteiger partial charge >= 0.3 is 0 Å². The minimum atomic E-state index is -0.245. The van der Waals surface area contributed by atoms with E-state index in [1.54, 1.807) is 0 Å². The molecule has 2 aliphatic rings. The van der Waals surface area contributed by atoms with Crippen LogP contribution in [-0.2, 0) is 11.2 Å². The molecule has 3 N–H and O–H groups in total. The van der Waals surface area contributed by atoms with Crippen molar-refractivity contribution >= 4 is 23.0 Å². The Bertz CT molecular complexity index is 788. The second-order valence-electron chi connectivity index (χ2n) is 7.36. The van der Waals surface area contributed by atoms with Crippen LogP contribution in [0.4, 0.5) is 0 Å². The van der Waals surface area contributed by atoms with Crippen molar-refractivity contribution in [3.8, 4) is 0 Å². The Morgan fingerprint density at radius 1 is 1.24 bits per heavy atom. The van der Waals surface area contributed by atoms with Gasteiger partial charge < -0.3 is 4.98 Å². The van der Waals surface area contributed by atoms with Crippen LogP contribution in [0.2, 0.25) is 0 Å². The average Bonchev–Trinajstić information content (AvgIpc) is 3.02. The lowest BCUT2D eigenvalue weighted by Crippen LogP contribution is -2.47. The molecule has 2 heterocycles. The third-order valence-electron chi connectivity index (χ3n) is 5.57. The van der Waals surface area contributed by atoms with Crippen LogP contribution in [0.3, 0.4) is 0 Å². The highest BCUT2D eigenvalue weighted by Crippen LogP contribution is 2.31. The molecule has 132 valence electrons. The molecule has 25 heavy (non-hydrogen) atoms. The Kier molecular flexibility index (Phi) is 4.57. The third-order valence-corrected chi connectivity index (χ3v) is 5.57. The molecule has 0 spiro atoms. The van der Waals surface area contributed by atoms with Gasteiger partial charge in [0.25, 0.3) is 5.91 Å². The zero-order chi connectivity index (χ0) is 17.2. The van der Waals surface area contributed by atoms with Crippen molar-refractivity contribution in [3.05, 3.63) is 35.5 Å². The highest BCUT2D eigenvalue weighted by atomic mass is 16.2. The molecule has 1 aliphatic carbocycles. The summed E-state index contributed by atoms with van der Waals surface area (Å²) >= 11 is 0. The average molecular weight is 338 g/mol. The maximum absolute atomic E-state index is 12.6. The first-order valence-corrected chi connectivity index (χ1v) is 9.41. The number of aromatic amines is 1. The number of nitrogens with one attached hydrogen (secondary N) is 3. The maximum atomic E-state index is 12.6. The van der Waals surface area contributed by atoms with E-state index in [2.05, 4.69) is 39.9 Å². The molecule has 2 atom stereocenters. The van der Waals surface area contributed by atoms with Crippen LogP contribution in [0.25, 0.3) is 10.9 Å². The van der Waals surface area contributed by atoms with Crippen LogP contribution < -0.4 is 10.7 Å². The van der Waals surface area contributed by atoms with Crippen molar-refractivity contribution in [2.45, 2.75) is 57.5 Å². The van der Waals surface area contributed by atoms with Crippen LogP contribution in [-0.4, -0.2) is 23.1 Å². The Hall–Kier alpha value is -2.14. The number of nitrogens with zero attached hydrogens (tertiary/aromatic N) is 1. The third kappa shape index (κ3) is 3.33. The van der Waals surface area contributed by atoms with Gasteiger partial charge in [-0.25, -0.2) is 5.43 Å². The predicted molar refractivity (Wildman–Crippen MR) is 101 cm³/mol. The molecule has 0 saturated heterocycles. The highest BCUT2D eigenvalue weighted by molar-refractivity contribution is 5.88. The summed E-state index contributed by atoms with van der Waals surface area (Å²) in [5.41, 5.74) is 6.32. The molecule has 2 aromatic rings. The van der Waals surface area contributed by atoms with Crippen molar-refractivity contribution in [1.29, 1.82) is 0 Å². The Morgan fingerprint density at radius 2 is 2.04 bits per heavy atom. The van der Waals surface area contributed by atoms with Crippen molar-refractivity contribution in [1.82, 2.24) is 15.7 Å². The lowest BCUT2D eigenvalue weighted by Gasteiger charge is -2.28. The monoisotopic (exact) mass is 338 g/mol. The standard InChI is InChI=1S/C20H26N4O/c1-13-19-16(15-9-5-6-10-17(15)23-19)11-18(22-13)20(25)24-21-12-14-7-3-2-4-8-14/h5-6,9-10,12-14,18,22-23H,2-4,7-8,11H2,1H3,(H,24,25)/b21-12+/t13-,18?/m0/s1. The van der Waals surface area contributed by atoms with E-state index in [1.165, 1.54) is 48.7 Å². The minimum Gasteiger partial charge on any atom is -0.357 e. The van der Waals surface area contributed by atoms with Crippen LogP contribution in [0.15, 0.2) is 29.4 Å². The topological polar surface area (TPSA) is 69.3 Å². The number of aromatic nitrogens is 1. The molecule has 0 bridgehead atoms. The van der Waals surface area contributed by atoms with Crippen molar-refractivity contribution in [3.63, 3.8) is 0 Å². The number of amides is 1. The molecule has 1 aliphatic heterocycles. The van der Waals surface area contributed by atoms with Gasteiger partial charge in [0.2, 0.25) is 0 Å². The Labute approximate surface area is 148 Å². The SMILES string of the molecule is C[C@@H]1NC(C(=O)N/N=C/C2CCCCC2)Cc2c1[nH]c1ccccc21. The van der Waals surface area contributed by atoms with Crippen LogP contribution >= 0.6 is 0 Å². The van der Waals surface area contributed by atoms with E-state index < -0.39 is 0 Å². The second kappa shape index (κ2) is 7.00. The number of carbonyl (C=O) groups is 1. The van der Waals surface area contributed by atoms with Crippen molar-refractivity contribution < 1.29 is 4.79 Å². The molecular weight excluding hydrogens is 312 g/mol. The number of carbonyl (C=O) groups excluding carboxylic acids is 1. The summed E-state index contributed by atoms with van der Waals surface area (Å²) < 4.78 is 0. The molecular formula is C20H26N4O. The first-order chi connectivity index (χ1) is 12.2. The van der Waals surface area contributed by atoms with Crippen LogP contribution in [0, 0.1) is 5.92 Å². The van der Waals surface area contributed by atoms with E-state index in [0.717, 1.165) is 5.52 Å². The Morgan fingerprint density at radius 3 is 2.88 bits per heavy atom. The van der Waals surface area contributed by atoms with Gasteiger partial charge in [-0.1, -0.05) is 37.5 Å². The predicted octanol–water partition coefficient (Wildman–Crippen LogP) is 3.43.